The van der Waals surface area contributed by atoms with E-state index in [2.05, 4.69) is 15.8 Å². The van der Waals surface area contributed by atoms with Gasteiger partial charge in [0.1, 0.15) is 5.69 Å². The molecule has 1 heterocycles. The van der Waals surface area contributed by atoms with E-state index in [1.165, 1.54) is 6.08 Å². The highest BCUT2D eigenvalue weighted by Gasteiger charge is 2.05. The van der Waals surface area contributed by atoms with E-state index >= 15 is 0 Å². The van der Waals surface area contributed by atoms with E-state index < -0.39 is 11.8 Å². The lowest BCUT2D eigenvalue weighted by Gasteiger charge is -2.04. The van der Waals surface area contributed by atoms with Crippen molar-refractivity contribution in [3.63, 3.8) is 0 Å². The standard InChI is InChI=1S/C20H17N3O2/c24-19(22-23-20(25)18-10-5-13-21-18)12-11-15-6-4-9-17(14-15)16-7-2-1-3-8-16/h1-14,21H,(H,22,24)(H,23,25)/b12-11+. The highest BCUT2D eigenvalue weighted by molar-refractivity contribution is 5.97. The summed E-state index contributed by atoms with van der Waals surface area (Å²) in [6, 6.07) is 21.2. The molecule has 3 rings (SSSR count). The second kappa shape index (κ2) is 7.79. The molecule has 3 N–H and O–H groups in total. The first-order valence-corrected chi connectivity index (χ1v) is 7.79. The molecule has 0 atom stereocenters. The van der Waals surface area contributed by atoms with E-state index in [0.29, 0.717) is 5.69 Å². The SMILES string of the molecule is O=C(/C=C/c1cccc(-c2ccccc2)c1)NNC(=O)c1ccc[nH]1. The maximum Gasteiger partial charge on any atom is 0.286 e. The Morgan fingerprint density at radius 1 is 0.840 bits per heavy atom. The number of hydrogen-bond acceptors (Lipinski definition) is 2. The van der Waals surface area contributed by atoms with E-state index in [4.69, 9.17) is 0 Å². The molecule has 0 saturated carbocycles. The second-order valence-corrected chi connectivity index (χ2v) is 5.35. The summed E-state index contributed by atoms with van der Waals surface area (Å²) in [6.45, 7) is 0. The number of carbonyl (C=O) groups excluding carboxylic acids is 2. The van der Waals surface area contributed by atoms with Gasteiger partial charge >= 0.3 is 0 Å². The van der Waals surface area contributed by atoms with Crippen LogP contribution >= 0.6 is 0 Å². The van der Waals surface area contributed by atoms with Gasteiger partial charge in [-0.2, -0.15) is 0 Å². The minimum Gasteiger partial charge on any atom is -0.357 e. The third-order valence-electron chi connectivity index (χ3n) is 3.56. The van der Waals surface area contributed by atoms with Gasteiger partial charge in [0.15, 0.2) is 0 Å². The van der Waals surface area contributed by atoms with E-state index in [1.54, 1.807) is 24.4 Å². The van der Waals surface area contributed by atoms with Crippen molar-refractivity contribution in [2.75, 3.05) is 0 Å². The molecular formula is C20H17N3O2. The monoisotopic (exact) mass is 331 g/mol. The lowest BCUT2D eigenvalue weighted by Crippen LogP contribution is -2.40. The summed E-state index contributed by atoms with van der Waals surface area (Å²) in [5.74, 6) is -0.817. The van der Waals surface area contributed by atoms with Crippen molar-refractivity contribution in [3.05, 3.63) is 90.3 Å². The Labute approximate surface area is 145 Å². The molecule has 124 valence electrons. The maximum absolute atomic E-state index is 11.8. The first kappa shape index (κ1) is 16.3. The molecule has 2 aromatic carbocycles. The smallest absolute Gasteiger partial charge is 0.286 e. The number of amides is 2. The molecule has 0 bridgehead atoms. The van der Waals surface area contributed by atoms with Crippen LogP contribution in [0.5, 0.6) is 0 Å². The van der Waals surface area contributed by atoms with Crippen LogP contribution < -0.4 is 10.9 Å². The number of carbonyl (C=O) groups is 2. The quantitative estimate of drug-likeness (QED) is 0.507. The molecule has 0 aliphatic carbocycles. The fraction of sp³-hybridized carbons (Fsp3) is 0. The Morgan fingerprint density at radius 3 is 2.40 bits per heavy atom. The van der Waals surface area contributed by atoms with Crippen LogP contribution in [0.25, 0.3) is 17.2 Å². The van der Waals surface area contributed by atoms with Crippen LogP contribution in [0.1, 0.15) is 16.1 Å². The Kier molecular flexibility index (Phi) is 5.07. The molecule has 0 spiro atoms. The second-order valence-electron chi connectivity index (χ2n) is 5.35. The van der Waals surface area contributed by atoms with Crippen molar-refractivity contribution < 1.29 is 9.59 Å². The first-order valence-electron chi connectivity index (χ1n) is 7.79. The summed E-state index contributed by atoms with van der Waals surface area (Å²) in [5.41, 5.74) is 8.13. The van der Waals surface area contributed by atoms with Crippen molar-refractivity contribution in [1.82, 2.24) is 15.8 Å². The third kappa shape index (κ3) is 4.45. The number of aromatic nitrogens is 1. The summed E-state index contributed by atoms with van der Waals surface area (Å²) in [4.78, 5) is 26.3. The Hall–Kier alpha value is -3.60. The summed E-state index contributed by atoms with van der Waals surface area (Å²) in [6.07, 6.45) is 4.71. The van der Waals surface area contributed by atoms with Gasteiger partial charge in [0, 0.05) is 12.3 Å². The largest absolute Gasteiger partial charge is 0.357 e. The van der Waals surface area contributed by atoms with Crippen LogP contribution in [0.2, 0.25) is 0 Å². The predicted molar refractivity (Wildman–Crippen MR) is 97.3 cm³/mol. The zero-order chi connectivity index (χ0) is 17.5. The molecular weight excluding hydrogens is 314 g/mol. The van der Waals surface area contributed by atoms with Gasteiger partial charge in [0.25, 0.3) is 11.8 Å². The molecule has 0 aliphatic rings. The lowest BCUT2D eigenvalue weighted by molar-refractivity contribution is -0.117. The summed E-state index contributed by atoms with van der Waals surface area (Å²) >= 11 is 0. The van der Waals surface area contributed by atoms with Gasteiger partial charge in [-0.25, -0.2) is 0 Å². The molecule has 0 radical (unpaired) electrons. The molecule has 0 unspecified atom stereocenters. The van der Waals surface area contributed by atoms with E-state index in [0.717, 1.165) is 16.7 Å². The van der Waals surface area contributed by atoms with Gasteiger partial charge < -0.3 is 4.98 Å². The van der Waals surface area contributed by atoms with E-state index in [9.17, 15) is 9.59 Å². The van der Waals surface area contributed by atoms with Crippen LogP contribution in [0, 0.1) is 0 Å². The summed E-state index contributed by atoms with van der Waals surface area (Å²) in [7, 11) is 0. The minimum atomic E-state index is -0.412. The van der Waals surface area contributed by atoms with Gasteiger partial charge in [0.2, 0.25) is 0 Å². The molecule has 0 aliphatic heterocycles. The van der Waals surface area contributed by atoms with Crippen molar-refractivity contribution in [1.29, 1.82) is 0 Å². The Morgan fingerprint density at radius 2 is 1.64 bits per heavy atom. The summed E-state index contributed by atoms with van der Waals surface area (Å²) in [5, 5.41) is 0. The topological polar surface area (TPSA) is 74.0 Å². The van der Waals surface area contributed by atoms with E-state index in [1.807, 2.05) is 54.6 Å². The highest BCUT2D eigenvalue weighted by Crippen LogP contribution is 2.20. The average Bonchev–Trinajstić information content (AvgIpc) is 3.20. The molecule has 0 saturated heterocycles. The van der Waals surface area contributed by atoms with Crippen molar-refractivity contribution in [3.8, 4) is 11.1 Å². The lowest BCUT2D eigenvalue weighted by atomic mass is 10.0. The highest BCUT2D eigenvalue weighted by atomic mass is 16.2. The number of hydrogen-bond donors (Lipinski definition) is 3. The predicted octanol–water partition coefficient (Wildman–Crippen LogP) is 3.16. The average molecular weight is 331 g/mol. The van der Waals surface area contributed by atoms with Crippen LogP contribution in [-0.2, 0) is 4.79 Å². The fourth-order valence-corrected chi connectivity index (χ4v) is 2.32. The number of nitrogens with one attached hydrogen (secondary N) is 3. The molecule has 0 fully saturated rings. The third-order valence-corrected chi connectivity index (χ3v) is 3.56. The number of H-pyrrole nitrogens is 1. The number of rotatable bonds is 4. The number of hydrazine groups is 1. The van der Waals surface area contributed by atoms with Crippen LogP contribution in [0.3, 0.4) is 0 Å². The van der Waals surface area contributed by atoms with Gasteiger partial charge in [-0.1, -0.05) is 48.5 Å². The normalized spacial score (nSPS) is 10.6. The van der Waals surface area contributed by atoms with Crippen LogP contribution in [0.15, 0.2) is 79.0 Å². The Bertz CT molecular complexity index is 884. The molecule has 3 aromatic rings. The van der Waals surface area contributed by atoms with Crippen molar-refractivity contribution in [2.45, 2.75) is 0 Å². The van der Waals surface area contributed by atoms with Crippen LogP contribution in [0.4, 0.5) is 0 Å². The number of aromatic amines is 1. The van der Waals surface area contributed by atoms with Gasteiger partial charge in [-0.05, 0) is 41.0 Å². The first-order chi connectivity index (χ1) is 12.2. The molecule has 5 nitrogen and oxygen atoms in total. The molecule has 1 aromatic heterocycles. The van der Waals surface area contributed by atoms with Gasteiger partial charge in [-0.15, -0.1) is 0 Å². The van der Waals surface area contributed by atoms with Crippen molar-refractivity contribution in [2.24, 2.45) is 0 Å². The van der Waals surface area contributed by atoms with Gasteiger partial charge in [0.05, 0.1) is 0 Å². The van der Waals surface area contributed by atoms with E-state index in [-0.39, 0.29) is 0 Å². The zero-order valence-corrected chi connectivity index (χ0v) is 13.4. The van der Waals surface area contributed by atoms with Gasteiger partial charge in [-0.3, -0.25) is 20.4 Å². The minimum absolute atomic E-state index is 0.375. The van der Waals surface area contributed by atoms with Crippen LogP contribution in [-0.4, -0.2) is 16.8 Å². The maximum atomic E-state index is 11.8. The molecule has 2 amide bonds. The Balaban J connectivity index is 1.60. The summed E-state index contributed by atoms with van der Waals surface area (Å²) < 4.78 is 0. The zero-order valence-electron chi connectivity index (χ0n) is 13.4. The number of benzene rings is 2. The molecule has 25 heavy (non-hydrogen) atoms. The fourth-order valence-electron chi connectivity index (χ4n) is 2.32. The van der Waals surface area contributed by atoms with Crippen molar-refractivity contribution >= 4 is 17.9 Å². The molecule has 5 heteroatoms.